The van der Waals surface area contributed by atoms with Gasteiger partial charge in [-0.3, -0.25) is 10.1 Å². The van der Waals surface area contributed by atoms with Gasteiger partial charge >= 0.3 is 0 Å². The zero-order chi connectivity index (χ0) is 15.5. The summed E-state index contributed by atoms with van der Waals surface area (Å²) in [5.74, 6) is 1.19. The molecule has 3 aromatic rings. The molecule has 1 aromatic heterocycles. The van der Waals surface area contributed by atoms with E-state index in [2.05, 4.69) is 10.1 Å². The molecule has 110 valence electrons. The molecular formula is C15H11N3O4. The molecule has 0 saturated heterocycles. The molecule has 0 N–H and O–H groups in total. The average Bonchev–Trinajstić information content (AvgIpc) is 3.04. The Morgan fingerprint density at radius 1 is 1.18 bits per heavy atom. The largest absolute Gasteiger partial charge is 0.496 e. The van der Waals surface area contributed by atoms with E-state index in [-0.39, 0.29) is 11.6 Å². The van der Waals surface area contributed by atoms with Gasteiger partial charge in [-0.05, 0) is 18.2 Å². The molecule has 0 atom stereocenters. The van der Waals surface area contributed by atoms with Gasteiger partial charge in [0.2, 0.25) is 5.82 Å². The zero-order valence-corrected chi connectivity index (χ0v) is 11.6. The van der Waals surface area contributed by atoms with Gasteiger partial charge in [-0.25, -0.2) is 0 Å². The van der Waals surface area contributed by atoms with Crippen LogP contribution in [-0.2, 0) is 0 Å². The molecule has 22 heavy (non-hydrogen) atoms. The van der Waals surface area contributed by atoms with Crippen LogP contribution in [0.25, 0.3) is 22.8 Å². The predicted molar refractivity (Wildman–Crippen MR) is 78.4 cm³/mol. The zero-order valence-electron chi connectivity index (χ0n) is 11.6. The van der Waals surface area contributed by atoms with Crippen LogP contribution in [0.2, 0.25) is 0 Å². The van der Waals surface area contributed by atoms with E-state index in [9.17, 15) is 10.1 Å². The first-order valence-corrected chi connectivity index (χ1v) is 6.41. The van der Waals surface area contributed by atoms with Crippen LogP contribution >= 0.6 is 0 Å². The molecule has 2 aromatic carbocycles. The number of nitro benzene ring substituents is 1. The van der Waals surface area contributed by atoms with Crippen molar-refractivity contribution < 1.29 is 14.2 Å². The number of methoxy groups -OCH3 is 1. The number of rotatable bonds is 4. The Bertz CT molecular complexity index is 829. The number of benzene rings is 2. The third-order valence-electron chi connectivity index (χ3n) is 3.08. The topological polar surface area (TPSA) is 91.3 Å². The minimum atomic E-state index is -0.471. The Morgan fingerprint density at radius 3 is 2.77 bits per heavy atom. The van der Waals surface area contributed by atoms with Crippen molar-refractivity contribution in [2.24, 2.45) is 0 Å². The molecule has 0 unspecified atom stereocenters. The Kier molecular flexibility index (Phi) is 3.53. The van der Waals surface area contributed by atoms with Crippen LogP contribution in [0.5, 0.6) is 5.75 Å². The number of para-hydroxylation sites is 1. The Balaban J connectivity index is 2.01. The second-order valence-electron chi connectivity index (χ2n) is 4.43. The van der Waals surface area contributed by atoms with E-state index in [1.807, 2.05) is 12.1 Å². The maximum atomic E-state index is 10.8. The lowest BCUT2D eigenvalue weighted by atomic mass is 10.2. The maximum absolute atomic E-state index is 10.8. The summed E-state index contributed by atoms with van der Waals surface area (Å²) in [4.78, 5) is 14.6. The minimum Gasteiger partial charge on any atom is -0.496 e. The van der Waals surface area contributed by atoms with E-state index < -0.39 is 4.92 Å². The Morgan fingerprint density at radius 2 is 2.00 bits per heavy atom. The van der Waals surface area contributed by atoms with E-state index in [0.717, 1.165) is 0 Å². The highest BCUT2D eigenvalue weighted by molar-refractivity contribution is 5.66. The van der Waals surface area contributed by atoms with Gasteiger partial charge in [0.25, 0.3) is 11.6 Å². The van der Waals surface area contributed by atoms with E-state index in [1.165, 1.54) is 12.1 Å². The van der Waals surface area contributed by atoms with Gasteiger partial charge in [-0.1, -0.05) is 23.4 Å². The molecule has 1 heterocycles. The van der Waals surface area contributed by atoms with Gasteiger partial charge in [0.15, 0.2) is 0 Å². The van der Waals surface area contributed by atoms with Crippen LogP contribution in [0.1, 0.15) is 0 Å². The van der Waals surface area contributed by atoms with Crippen LogP contribution in [0.15, 0.2) is 53.1 Å². The molecule has 0 saturated carbocycles. The fourth-order valence-corrected chi connectivity index (χ4v) is 2.03. The first-order valence-electron chi connectivity index (χ1n) is 6.41. The molecule has 3 rings (SSSR count). The Labute approximate surface area is 125 Å². The molecule has 7 nitrogen and oxygen atoms in total. The number of ether oxygens (including phenoxy) is 1. The highest BCUT2D eigenvalue weighted by Gasteiger charge is 2.15. The number of aromatic nitrogens is 2. The van der Waals surface area contributed by atoms with Gasteiger partial charge in [0.05, 0.1) is 17.6 Å². The standard InChI is InChI=1S/C15H11N3O4/c1-21-13-8-3-2-7-12(13)14-16-15(22-17-14)10-5-4-6-11(9-10)18(19)20/h2-9H,1H3. The van der Waals surface area contributed by atoms with Crippen LogP contribution in [-0.4, -0.2) is 22.2 Å². The molecule has 0 spiro atoms. The maximum Gasteiger partial charge on any atom is 0.270 e. The highest BCUT2D eigenvalue weighted by atomic mass is 16.6. The lowest BCUT2D eigenvalue weighted by molar-refractivity contribution is -0.384. The molecule has 0 aliphatic heterocycles. The molecule has 0 aliphatic carbocycles. The van der Waals surface area contributed by atoms with Crippen molar-refractivity contribution in [1.29, 1.82) is 0 Å². The fourth-order valence-electron chi connectivity index (χ4n) is 2.03. The number of nitro groups is 1. The highest BCUT2D eigenvalue weighted by Crippen LogP contribution is 2.29. The molecular weight excluding hydrogens is 286 g/mol. The molecule has 7 heteroatoms. The van der Waals surface area contributed by atoms with Crippen molar-refractivity contribution in [1.82, 2.24) is 10.1 Å². The van der Waals surface area contributed by atoms with Crippen molar-refractivity contribution in [3.05, 3.63) is 58.6 Å². The molecule has 0 bridgehead atoms. The van der Waals surface area contributed by atoms with E-state index in [4.69, 9.17) is 9.26 Å². The molecule has 0 radical (unpaired) electrons. The van der Waals surface area contributed by atoms with Crippen molar-refractivity contribution in [3.8, 4) is 28.6 Å². The van der Waals surface area contributed by atoms with Crippen LogP contribution in [0.3, 0.4) is 0 Å². The average molecular weight is 297 g/mol. The lowest BCUT2D eigenvalue weighted by Crippen LogP contribution is -1.89. The van der Waals surface area contributed by atoms with E-state index in [1.54, 1.807) is 31.4 Å². The second-order valence-corrected chi connectivity index (χ2v) is 4.43. The molecule has 0 fully saturated rings. The van der Waals surface area contributed by atoms with Gasteiger partial charge in [0.1, 0.15) is 5.75 Å². The third kappa shape index (κ3) is 2.51. The second kappa shape index (κ2) is 5.65. The van der Waals surface area contributed by atoms with Crippen molar-refractivity contribution in [3.63, 3.8) is 0 Å². The number of non-ortho nitro benzene ring substituents is 1. The van der Waals surface area contributed by atoms with E-state index >= 15 is 0 Å². The van der Waals surface area contributed by atoms with Crippen LogP contribution < -0.4 is 4.74 Å². The third-order valence-corrected chi connectivity index (χ3v) is 3.08. The van der Waals surface area contributed by atoms with E-state index in [0.29, 0.717) is 22.7 Å². The van der Waals surface area contributed by atoms with Crippen LogP contribution in [0, 0.1) is 10.1 Å². The summed E-state index contributed by atoms with van der Waals surface area (Å²) in [6.45, 7) is 0. The summed E-state index contributed by atoms with van der Waals surface area (Å²) in [7, 11) is 1.56. The smallest absolute Gasteiger partial charge is 0.270 e. The van der Waals surface area contributed by atoms with Gasteiger partial charge in [-0.15, -0.1) is 0 Å². The van der Waals surface area contributed by atoms with Crippen LogP contribution in [0.4, 0.5) is 5.69 Å². The summed E-state index contributed by atoms with van der Waals surface area (Å²) >= 11 is 0. The number of hydrogen-bond acceptors (Lipinski definition) is 6. The van der Waals surface area contributed by atoms with Crippen molar-refractivity contribution >= 4 is 5.69 Å². The van der Waals surface area contributed by atoms with Crippen molar-refractivity contribution in [2.45, 2.75) is 0 Å². The summed E-state index contributed by atoms with van der Waals surface area (Å²) in [6, 6.07) is 13.3. The SMILES string of the molecule is COc1ccccc1-c1noc(-c2cccc([N+](=O)[O-])c2)n1. The van der Waals surface area contributed by atoms with Gasteiger partial charge < -0.3 is 9.26 Å². The first-order chi connectivity index (χ1) is 10.7. The summed E-state index contributed by atoms with van der Waals surface area (Å²) in [5.41, 5.74) is 1.14. The monoisotopic (exact) mass is 297 g/mol. The normalized spacial score (nSPS) is 10.4. The first kappa shape index (κ1) is 13.7. The molecule has 0 amide bonds. The summed E-state index contributed by atoms with van der Waals surface area (Å²) < 4.78 is 10.5. The van der Waals surface area contributed by atoms with Crippen molar-refractivity contribution in [2.75, 3.05) is 7.11 Å². The predicted octanol–water partition coefficient (Wildman–Crippen LogP) is 3.32. The molecule has 0 aliphatic rings. The quantitative estimate of drug-likeness (QED) is 0.542. The number of nitrogens with zero attached hydrogens (tertiary/aromatic N) is 3. The summed E-state index contributed by atoms with van der Waals surface area (Å²) in [5, 5.41) is 14.7. The van der Waals surface area contributed by atoms with Gasteiger partial charge in [-0.2, -0.15) is 4.98 Å². The van der Waals surface area contributed by atoms with Gasteiger partial charge in [0, 0.05) is 17.7 Å². The Hall–Kier alpha value is -3.22. The number of hydrogen-bond donors (Lipinski definition) is 0. The lowest BCUT2D eigenvalue weighted by Gasteiger charge is -2.03. The fraction of sp³-hybridized carbons (Fsp3) is 0.0667. The summed E-state index contributed by atoms with van der Waals surface area (Å²) in [6.07, 6.45) is 0. The minimum absolute atomic E-state index is 0.0328.